The van der Waals surface area contributed by atoms with E-state index in [0.717, 1.165) is 32.5 Å². The highest BCUT2D eigenvalue weighted by Crippen LogP contribution is 2.17. The van der Waals surface area contributed by atoms with E-state index in [-0.39, 0.29) is 11.7 Å². The first-order valence-electron chi connectivity index (χ1n) is 10.6. The lowest BCUT2D eigenvalue weighted by atomic mass is 10.1. The molecule has 7 nitrogen and oxygen atoms in total. The second-order valence-electron chi connectivity index (χ2n) is 8.06. The topological polar surface area (TPSA) is 70.9 Å². The minimum absolute atomic E-state index is 0.0613. The summed E-state index contributed by atoms with van der Waals surface area (Å²) in [4.78, 5) is 18.7. The van der Waals surface area contributed by atoms with E-state index in [1.54, 1.807) is 12.1 Å². The molecule has 0 saturated carbocycles. The number of hydrogen-bond donors (Lipinski definition) is 1. The highest BCUT2D eigenvalue weighted by Gasteiger charge is 2.21. The third-order valence-electron chi connectivity index (χ3n) is 4.98. The third kappa shape index (κ3) is 8.10. The summed E-state index contributed by atoms with van der Waals surface area (Å²) in [5, 5.41) is 12.8. The molecular formula is C23H34N4O3. The van der Waals surface area contributed by atoms with Crippen LogP contribution in [0, 0.1) is 16.0 Å². The zero-order valence-corrected chi connectivity index (χ0v) is 18.5. The smallest absolute Gasteiger partial charge is 0.269 e. The van der Waals surface area contributed by atoms with Gasteiger partial charge in [-0.05, 0) is 43.5 Å². The van der Waals surface area contributed by atoms with Gasteiger partial charge in [0.25, 0.3) is 5.69 Å². The normalized spacial score (nSPS) is 12.5. The molecular weight excluding hydrogens is 380 g/mol. The molecule has 0 amide bonds. The maximum atomic E-state index is 10.8. The van der Waals surface area contributed by atoms with E-state index in [1.807, 2.05) is 11.1 Å². The lowest BCUT2D eigenvalue weighted by Crippen LogP contribution is -2.44. The van der Waals surface area contributed by atoms with Gasteiger partial charge in [-0.2, -0.15) is 10.0 Å². The molecule has 0 heterocycles. The Bertz CT molecular complexity index is 753. The minimum atomic E-state index is -0.407. The average Bonchev–Trinajstić information content (AvgIpc) is 2.73. The van der Waals surface area contributed by atoms with Crippen molar-refractivity contribution in [2.24, 2.45) is 5.92 Å². The van der Waals surface area contributed by atoms with Crippen molar-refractivity contribution in [1.82, 2.24) is 9.96 Å². The number of hydroxylamine groups is 2. The quantitative estimate of drug-likeness (QED) is 0.363. The van der Waals surface area contributed by atoms with Crippen molar-refractivity contribution in [3.63, 3.8) is 0 Å². The number of rotatable bonds is 13. The van der Waals surface area contributed by atoms with E-state index in [1.165, 1.54) is 17.7 Å². The van der Waals surface area contributed by atoms with Crippen LogP contribution in [0.1, 0.15) is 39.2 Å². The van der Waals surface area contributed by atoms with Crippen LogP contribution >= 0.6 is 0 Å². The molecule has 30 heavy (non-hydrogen) atoms. The number of likely N-dealkylation sites (N-methyl/N-ethyl adjacent to an activating group) is 1. The van der Waals surface area contributed by atoms with E-state index in [0.29, 0.717) is 11.6 Å². The lowest BCUT2D eigenvalue weighted by Gasteiger charge is -2.33. The lowest BCUT2D eigenvalue weighted by molar-refractivity contribution is -0.384. The molecule has 1 unspecified atom stereocenters. The van der Waals surface area contributed by atoms with Crippen molar-refractivity contribution in [3.8, 4) is 0 Å². The van der Waals surface area contributed by atoms with Crippen LogP contribution in [0.4, 0.5) is 11.4 Å². The molecule has 2 aromatic rings. The number of anilines is 1. The number of nitro groups is 1. The molecule has 2 aromatic carbocycles. The summed E-state index contributed by atoms with van der Waals surface area (Å²) in [5.74, 6) is 0.565. The molecule has 0 spiro atoms. The second kappa shape index (κ2) is 12.3. The zero-order valence-electron chi connectivity index (χ0n) is 18.5. The molecule has 7 heteroatoms. The summed E-state index contributed by atoms with van der Waals surface area (Å²) < 4.78 is 0. The Hall–Kier alpha value is -2.48. The fourth-order valence-corrected chi connectivity index (χ4v) is 3.19. The van der Waals surface area contributed by atoms with Gasteiger partial charge in [-0.3, -0.25) is 10.1 Å². The Morgan fingerprint density at radius 3 is 2.33 bits per heavy atom. The SMILES string of the molecule is CCC(CN(C)Cc1ccccc1)N(CCC(C)C)ONc1ccc([N+](=O)[O-])cc1. The van der Waals surface area contributed by atoms with Gasteiger partial charge >= 0.3 is 0 Å². The Labute approximate surface area is 179 Å². The summed E-state index contributed by atoms with van der Waals surface area (Å²) in [6.07, 6.45) is 1.96. The summed E-state index contributed by atoms with van der Waals surface area (Å²) >= 11 is 0. The summed E-state index contributed by atoms with van der Waals surface area (Å²) in [5.41, 5.74) is 4.99. The van der Waals surface area contributed by atoms with Crippen LogP contribution < -0.4 is 5.48 Å². The number of hydrogen-bond acceptors (Lipinski definition) is 6. The van der Waals surface area contributed by atoms with Crippen LogP contribution in [0.15, 0.2) is 54.6 Å². The van der Waals surface area contributed by atoms with Crippen molar-refractivity contribution in [2.45, 2.75) is 46.2 Å². The third-order valence-corrected chi connectivity index (χ3v) is 4.98. The van der Waals surface area contributed by atoms with Gasteiger partial charge < -0.3 is 4.90 Å². The van der Waals surface area contributed by atoms with Gasteiger partial charge in [-0.25, -0.2) is 5.48 Å². The molecule has 0 aliphatic rings. The maximum Gasteiger partial charge on any atom is 0.269 e. The molecule has 2 rings (SSSR count). The number of benzene rings is 2. The molecule has 0 fully saturated rings. The number of nitrogens with one attached hydrogen (secondary N) is 1. The summed E-state index contributed by atoms with van der Waals surface area (Å²) in [7, 11) is 2.13. The summed E-state index contributed by atoms with van der Waals surface area (Å²) in [6.45, 7) is 9.11. The maximum absolute atomic E-state index is 10.8. The number of non-ortho nitro benzene ring substituents is 1. The van der Waals surface area contributed by atoms with Gasteiger partial charge in [-0.1, -0.05) is 51.1 Å². The molecule has 0 aromatic heterocycles. The van der Waals surface area contributed by atoms with Crippen LogP contribution in [-0.4, -0.2) is 41.1 Å². The largest absolute Gasteiger partial charge is 0.300 e. The van der Waals surface area contributed by atoms with Crippen LogP contribution in [0.25, 0.3) is 0 Å². The molecule has 164 valence electrons. The Morgan fingerprint density at radius 2 is 1.77 bits per heavy atom. The van der Waals surface area contributed by atoms with Gasteiger partial charge in [-0.15, -0.1) is 0 Å². The van der Waals surface area contributed by atoms with E-state index in [9.17, 15) is 10.1 Å². The fraction of sp³-hybridized carbons (Fsp3) is 0.478. The predicted octanol–water partition coefficient (Wildman–Crippen LogP) is 5.11. The monoisotopic (exact) mass is 414 g/mol. The number of nitrogens with zero attached hydrogens (tertiary/aromatic N) is 3. The first-order valence-corrected chi connectivity index (χ1v) is 10.6. The van der Waals surface area contributed by atoms with Crippen molar-refractivity contribution >= 4 is 11.4 Å². The predicted molar refractivity (Wildman–Crippen MR) is 121 cm³/mol. The van der Waals surface area contributed by atoms with Gasteiger partial charge in [0.15, 0.2) is 0 Å². The highest BCUT2D eigenvalue weighted by atomic mass is 16.8. The van der Waals surface area contributed by atoms with Gasteiger partial charge in [0.2, 0.25) is 0 Å². The van der Waals surface area contributed by atoms with E-state index in [4.69, 9.17) is 4.94 Å². The summed E-state index contributed by atoms with van der Waals surface area (Å²) in [6, 6.07) is 16.9. The molecule has 1 atom stereocenters. The Kier molecular flexibility index (Phi) is 9.73. The molecule has 0 aliphatic carbocycles. The van der Waals surface area contributed by atoms with Gasteiger partial charge in [0.1, 0.15) is 0 Å². The first-order chi connectivity index (χ1) is 14.4. The van der Waals surface area contributed by atoms with Crippen molar-refractivity contribution < 1.29 is 9.86 Å². The molecule has 0 saturated heterocycles. The number of nitro benzene ring substituents is 1. The minimum Gasteiger partial charge on any atom is -0.300 e. The fourth-order valence-electron chi connectivity index (χ4n) is 3.19. The van der Waals surface area contributed by atoms with Crippen LogP contribution in [0.5, 0.6) is 0 Å². The van der Waals surface area contributed by atoms with Gasteiger partial charge in [0.05, 0.1) is 16.7 Å². The van der Waals surface area contributed by atoms with Crippen LogP contribution in [0.2, 0.25) is 0 Å². The highest BCUT2D eigenvalue weighted by molar-refractivity contribution is 5.46. The molecule has 0 aliphatic heterocycles. The second-order valence-corrected chi connectivity index (χ2v) is 8.06. The van der Waals surface area contributed by atoms with E-state index >= 15 is 0 Å². The van der Waals surface area contributed by atoms with E-state index in [2.05, 4.69) is 62.5 Å². The molecule has 0 bridgehead atoms. The van der Waals surface area contributed by atoms with Crippen molar-refractivity contribution in [3.05, 3.63) is 70.3 Å². The first kappa shape index (κ1) is 23.8. The molecule has 0 radical (unpaired) electrons. The Balaban J connectivity index is 1.99. The van der Waals surface area contributed by atoms with Gasteiger partial charge in [0, 0.05) is 31.8 Å². The zero-order chi connectivity index (χ0) is 21.9. The standard InChI is InChI=1S/C23H34N4O3/c1-5-22(18-25(4)17-20-9-7-6-8-10-20)26(16-15-19(2)3)30-24-21-11-13-23(14-12-21)27(28)29/h6-14,19,22,24H,5,15-18H2,1-4H3. The van der Waals surface area contributed by atoms with Crippen molar-refractivity contribution in [1.29, 1.82) is 0 Å². The Morgan fingerprint density at radius 1 is 1.10 bits per heavy atom. The van der Waals surface area contributed by atoms with Crippen LogP contribution in [-0.2, 0) is 11.5 Å². The average molecular weight is 415 g/mol. The van der Waals surface area contributed by atoms with E-state index < -0.39 is 4.92 Å². The molecule has 1 N–H and O–H groups in total. The van der Waals surface area contributed by atoms with Crippen molar-refractivity contribution in [2.75, 3.05) is 25.6 Å². The van der Waals surface area contributed by atoms with Crippen LogP contribution in [0.3, 0.4) is 0 Å².